The SMILES string of the molecule is COC(=O)Cc1ccc2c(c1)COC[C@H]2N. The Labute approximate surface area is 94.3 Å². The van der Waals surface area contributed by atoms with Gasteiger partial charge in [0, 0.05) is 0 Å². The zero-order valence-electron chi connectivity index (χ0n) is 9.23. The minimum Gasteiger partial charge on any atom is -0.469 e. The highest BCUT2D eigenvalue weighted by Crippen LogP contribution is 2.24. The second-order valence-corrected chi connectivity index (χ2v) is 3.91. The highest BCUT2D eigenvalue weighted by molar-refractivity contribution is 5.72. The topological polar surface area (TPSA) is 61.5 Å². The highest BCUT2D eigenvalue weighted by Gasteiger charge is 2.17. The predicted octanol–water partition coefficient (Wildman–Crippen LogP) is 0.932. The fourth-order valence-electron chi connectivity index (χ4n) is 1.88. The van der Waals surface area contributed by atoms with Gasteiger partial charge in [-0.1, -0.05) is 18.2 Å². The van der Waals surface area contributed by atoms with Gasteiger partial charge in [-0.2, -0.15) is 0 Å². The van der Waals surface area contributed by atoms with Crippen LogP contribution in [0.4, 0.5) is 0 Å². The van der Waals surface area contributed by atoms with E-state index in [0.717, 1.165) is 16.7 Å². The Morgan fingerprint density at radius 2 is 2.44 bits per heavy atom. The summed E-state index contributed by atoms with van der Waals surface area (Å²) in [6.07, 6.45) is 0.291. The lowest BCUT2D eigenvalue weighted by Crippen LogP contribution is -2.23. The molecule has 4 nitrogen and oxygen atoms in total. The molecule has 0 radical (unpaired) electrons. The van der Waals surface area contributed by atoms with E-state index in [2.05, 4.69) is 4.74 Å². The monoisotopic (exact) mass is 221 g/mol. The minimum absolute atomic E-state index is 0.0593. The number of ether oxygens (including phenoxy) is 2. The minimum atomic E-state index is -0.235. The molecule has 2 rings (SSSR count). The summed E-state index contributed by atoms with van der Waals surface area (Å²) in [7, 11) is 1.39. The van der Waals surface area contributed by atoms with Crippen LogP contribution in [-0.4, -0.2) is 19.7 Å². The smallest absolute Gasteiger partial charge is 0.309 e. The summed E-state index contributed by atoms with van der Waals surface area (Å²) in [5.74, 6) is -0.235. The van der Waals surface area contributed by atoms with E-state index in [-0.39, 0.29) is 12.0 Å². The van der Waals surface area contributed by atoms with Crippen LogP contribution in [0.5, 0.6) is 0 Å². The van der Waals surface area contributed by atoms with Gasteiger partial charge in [-0.25, -0.2) is 0 Å². The van der Waals surface area contributed by atoms with E-state index in [9.17, 15) is 4.79 Å². The van der Waals surface area contributed by atoms with Crippen LogP contribution in [0.1, 0.15) is 22.7 Å². The second-order valence-electron chi connectivity index (χ2n) is 3.91. The molecule has 1 aromatic rings. The third-order valence-electron chi connectivity index (χ3n) is 2.74. The first-order chi connectivity index (χ1) is 7.70. The van der Waals surface area contributed by atoms with Crippen molar-refractivity contribution in [3.63, 3.8) is 0 Å². The van der Waals surface area contributed by atoms with Gasteiger partial charge in [0.05, 0.1) is 32.8 Å². The van der Waals surface area contributed by atoms with Crippen LogP contribution in [0.15, 0.2) is 18.2 Å². The first-order valence-electron chi connectivity index (χ1n) is 5.22. The molecule has 2 N–H and O–H groups in total. The molecule has 1 heterocycles. The molecule has 1 aliphatic heterocycles. The number of methoxy groups -OCH3 is 1. The fourth-order valence-corrected chi connectivity index (χ4v) is 1.88. The Kier molecular flexibility index (Phi) is 3.22. The van der Waals surface area contributed by atoms with Crippen LogP contribution in [0, 0.1) is 0 Å². The van der Waals surface area contributed by atoms with Crippen molar-refractivity contribution < 1.29 is 14.3 Å². The summed E-state index contributed by atoms with van der Waals surface area (Å²) in [5, 5.41) is 0. The molecular formula is C12H15NO3. The van der Waals surface area contributed by atoms with E-state index < -0.39 is 0 Å². The van der Waals surface area contributed by atoms with Crippen LogP contribution in [0.3, 0.4) is 0 Å². The molecule has 0 amide bonds. The molecule has 1 aromatic carbocycles. The summed E-state index contributed by atoms with van der Waals surface area (Å²) in [4.78, 5) is 11.1. The van der Waals surface area contributed by atoms with Crippen molar-refractivity contribution in [2.24, 2.45) is 5.73 Å². The van der Waals surface area contributed by atoms with Gasteiger partial charge in [-0.15, -0.1) is 0 Å². The number of carbonyl (C=O) groups is 1. The van der Waals surface area contributed by atoms with E-state index in [1.54, 1.807) is 0 Å². The zero-order chi connectivity index (χ0) is 11.5. The van der Waals surface area contributed by atoms with Gasteiger partial charge < -0.3 is 15.2 Å². The molecule has 0 aromatic heterocycles. The largest absolute Gasteiger partial charge is 0.469 e. The maximum Gasteiger partial charge on any atom is 0.309 e. The molecule has 86 valence electrons. The molecule has 0 spiro atoms. The number of nitrogens with two attached hydrogens (primary N) is 1. The standard InChI is InChI=1S/C12H15NO3/c1-15-12(14)5-8-2-3-10-9(4-8)6-16-7-11(10)13/h2-4,11H,5-7,13H2,1H3/t11-/m1/s1. The van der Waals surface area contributed by atoms with E-state index in [1.165, 1.54) is 7.11 Å². The summed E-state index contributed by atoms with van der Waals surface area (Å²) >= 11 is 0. The van der Waals surface area contributed by atoms with Gasteiger partial charge in [-0.05, 0) is 16.7 Å². The van der Waals surface area contributed by atoms with Crippen molar-refractivity contribution in [3.8, 4) is 0 Å². The second kappa shape index (κ2) is 4.63. The Morgan fingerprint density at radius 3 is 3.19 bits per heavy atom. The van der Waals surface area contributed by atoms with Crippen molar-refractivity contribution in [2.75, 3.05) is 13.7 Å². The molecule has 0 fully saturated rings. The Bertz CT molecular complexity index is 403. The number of hydrogen-bond donors (Lipinski definition) is 1. The number of esters is 1. The zero-order valence-corrected chi connectivity index (χ0v) is 9.23. The molecule has 0 bridgehead atoms. The third kappa shape index (κ3) is 2.23. The first-order valence-corrected chi connectivity index (χ1v) is 5.22. The van der Waals surface area contributed by atoms with E-state index in [0.29, 0.717) is 19.6 Å². The van der Waals surface area contributed by atoms with Crippen molar-refractivity contribution >= 4 is 5.97 Å². The van der Waals surface area contributed by atoms with E-state index >= 15 is 0 Å². The highest BCUT2D eigenvalue weighted by atomic mass is 16.5. The Morgan fingerprint density at radius 1 is 1.62 bits per heavy atom. The van der Waals surface area contributed by atoms with Crippen molar-refractivity contribution in [1.29, 1.82) is 0 Å². The number of rotatable bonds is 2. The molecule has 1 aliphatic rings. The van der Waals surface area contributed by atoms with Crippen LogP contribution < -0.4 is 5.73 Å². The van der Waals surface area contributed by atoms with E-state index in [1.807, 2.05) is 18.2 Å². The Balaban J connectivity index is 2.21. The molecule has 1 atom stereocenters. The predicted molar refractivity (Wildman–Crippen MR) is 58.7 cm³/mol. The molecule has 0 saturated carbocycles. The first kappa shape index (κ1) is 11.1. The molecule has 0 unspecified atom stereocenters. The summed E-state index contributed by atoms with van der Waals surface area (Å²) in [6.45, 7) is 1.13. The lowest BCUT2D eigenvalue weighted by atomic mass is 9.96. The average molecular weight is 221 g/mol. The average Bonchev–Trinajstić information content (AvgIpc) is 2.29. The maximum absolute atomic E-state index is 11.1. The molecule has 4 heteroatoms. The summed E-state index contributed by atoms with van der Waals surface area (Å²) in [5.41, 5.74) is 9.02. The number of carbonyl (C=O) groups excluding carboxylic acids is 1. The van der Waals surface area contributed by atoms with Crippen LogP contribution in [0.2, 0.25) is 0 Å². The number of fused-ring (bicyclic) bond motifs is 1. The van der Waals surface area contributed by atoms with Gasteiger partial charge in [0.15, 0.2) is 0 Å². The summed E-state index contributed by atoms with van der Waals surface area (Å²) < 4.78 is 9.98. The third-order valence-corrected chi connectivity index (χ3v) is 2.74. The number of benzene rings is 1. The molecule has 0 saturated heterocycles. The number of hydrogen-bond acceptors (Lipinski definition) is 4. The Hall–Kier alpha value is -1.39. The van der Waals surface area contributed by atoms with Crippen molar-refractivity contribution in [2.45, 2.75) is 19.1 Å². The quantitative estimate of drug-likeness (QED) is 0.755. The van der Waals surface area contributed by atoms with Gasteiger partial charge in [-0.3, -0.25) is 4.79 Å². The van der Waals surface area contributed by atoms with Gasteiger partial charge in [0.1, 0.15) is 0 Å². The van der Waals surface area contributed by atoms with E-state index in [4.69, 9.17) is 10.5 Å². The molecule has 0 aliphatic carbocycles. The van der Waals surface area contributed by atoms with Crippen molar-refractivity contribution in [3.05, 3.63) is 34.9 Å². The molecular weight excluding hydrogens is 206 g/mol. The van der Waals surface area contributed by atoms with Gasteiger partial charge in [0.25, 0.3) is 0 Å². The lowest BCUT2D eigenvalue weighted by molar-refractivity contribution is -0.139. The van der Waals surface area contributed by atoms with Crippen LogP contribution in [-0.2, 0) is 27.3 Å². The lowest BCUT2D eigenvalue weighted by Gasteiger charge is -2.23. The van der Waals surface area contributed by atoms with Crippen molar-refractivity contribution in [1.82, 2.24) is 0 Å². The maximum atomic E-state index is 11.1. The normalized spacial score (nSPS) is 19.0. The fraction of sp³-hybridized carbons (Fsp3) is 0.417. The van der Waals surface area contributed by atoms with Gasteiger partial charge >= 0.3 is 5.97 Å². The van der Waals surface area contributed by atoms with Crippen LogP contribution >= 0.6 is 0 Å². The molecule has 16 heavy (non-hydrogen) atoms. The summed E-state index contributed by atoms with van der Waals surface area (Å²) in [6, 6.07) is 5.79. The van der Waals surface area contributed by atoms with Crippen LogP contribution in [0.25, 0.3) is 0 Å². The van der Waals surface area contributed by atoms with Gasteiger partial charge in [0.2, 0.25) is 0 Å².